The van der Waals surface area contributed by atoms with Gasteiger partial charge in [-0.15, -0.1) is 0 Å². The van der Waals surface area contributed by atoms with Gasteiger partial charge < -0.3 is 0 Å². The molecule has 0 amide bonds. The second-order valence-electron chi connectivity index (χ2n) is 6.42. The van der Waals surface area contributed by atoms with E-state index in [2.05, 4.69) is 26.7 Å². The summed E-state index contributed by atoms with van der Waals surface area (Å²) in [4.78, 5) is 6.53. The molecule has 1 aromatic carbocycles. The molecule has 1 aromatic heterocycles. The van der Waals surface area contributed by atoms with Gasteiger partial charge in [0.15, 0.2) is 0 Å². The van der Waals surface area contributed by atoms with Gasteiger partial charge in [0.2, 0.25) is 10.0 Å². The Morgan fingerprint density at radius 2 is 1.72 bits per heavy atom. The third-order valence-corrected chi connectivity index (χ3v) is 6.09. The van der Waals surface area contributed by atoms with Gasteiger partial charge in [-0.3, -0.25) is 9.88 Å². The zero-order valence-electron chi connectivity index (χ0n) is 14.3. The predicted molar refractivity (Wildman–Crippen MR) is 98.6 cm³/mol. The molecule has 0 radical (unpaired) electrons. The molecule has 0 unspecified atom stereocenters. The standard InChI is InChI=1S/C19H25N3O2S/c23-25(24,18-11-8-12-20-15-18)21-16-19(17-9-4-3-5-10-17)22-13-6-1-2-7-14-22/h3-5,8-12,15,19,21H,1-2,6-7,13-14,16H2/t19-/m1/s1. The highest BCUT2D eigenvalue weighted by Crippen LogP contribution is 2.24. The molecule has 0 saturated carbocycles. The fraction of sp³-hybridized carbons (Fsp3) is 0.421. The minimum Gasteiger partial charge on any atom is -0.295 e. The van der Waals surface area contributed by atoms with Crippen LogP contribution in [0.5, 0.6) is 0 Å². The van der Waals surface area contributed by atoms with Gasteiger partial charge in [-0.25, -0.2) is 13.1 Å². The Hall–Kier alpha value is -1.76. The van der Waals surface area contributed by atoms with Crippen molar-refractivity contribution in [3.63, 3.8) is 0 Å². The molecule has 0 spiro atoms. The summed E-state index contributed by atoms with van der Waals surface area (Å²) in [5, 5.41) is 0. The summed E-state index contributed by atoms with van der Waals surface area (Å²) in [6.07, 6.45) is 7.78. The van der Waals surface area contributed by atoms with Crippen LogP contribution in [0.4, 0.5) is 0 Å². The maximum absolute atomic E-state index is 12.5. The predicted octanol–water partition coefficient (Wildman–Crippen LogP) is 2.98. The number of hydrogen-bond donors (Lipinski definition) is 1. The van der Waals surface area contributed by atoms with Crippen molar-refractivity contribution < 1.29 is 8.42 Å². The van der Waals surface area contributed by atoms with E-state index in [1.165, 1.54) is 31.9 Å². The van der Waals surface area contributed by atoms with E-state index < -0.39 is 10.0 Å². The summed E-state index contributed by atoms with van der Waals surface area (Å²) in [5.74, 6) is 0. The highest BCUT2D eigenvalue weighted by Gasteiger charge is 2.24. The lowest BCUT2D eigenvalue weighted by atomic mass is 10.1. The second kappa shape index (κ2) is 8.56. The van der Waals surface area contributed by atoms with Crippen LogP contribution in [0.15, 0.2) is 59.8 Å². The molecule has 1 aliphatic heterocycles. The molecule has 2 aromatic rings. The van der Waals surface area contributed by atoms with E-state index >= 15 is 0 Å². The van der Waals surface area contributed by atoms with E-state index in [9.17, 15) is 8.42 Å². The first-order chi connectivity index (χ1) is 12.2. The van der Waals surface area contributed by atoms with E-state index in [0.717, 1.165) is 18.7 Å². The lowest BCUT2D eigenvalue weighted by Crippen LogP contribution is -2.38. The van der Waals surface area contributed by atoms with Crippen molar-refractivity contribution in [2.45, 2.75) is 36.6 Å². The van der Waals surface area contributed by atoms with Gasteiger partial charge in [-0.2, -0.15) is 0 Å². The fourth-order valence-corrected chi connectivity index (χ4v) is 4.32. The van der Waals surface area contributed by atoms with Crippen molar-refractivity contribution in [2.75, 3.05) is 19.6 Å². The highest BCUT2D eigenvalue weighted by atomic mass is 32.2. The molecule has 5 nitrogen and oxygen atoms in total. The molecule has 1 saturated heterocycles. The van der Waals surface area contributed by atoms with E-state index in [1.807, 2.05) is 18.2 Å². The summed E-state index contributed by atoms with van der Waals surface area (Å²) >= 11 is 0. The Labute approximate surface area is 150 Å². The quantitative estimate of drug-likeness (QED) is 0.861. The van der Waals surface area contributed by atoms with E-state index in [4.69, 9.17) is 0 Å². The van der Waals surface area contributed by atoms with E-state index in [1.54, 1.807) is 18.3 Å². The van der Waals surface area contributed by atoms with Crippen molar-refractivity contribution in [3.8, 4) is 0 Å². The Bertz CT molecular complexity index is 743. The Balaban J connectivity index is 1.78. The molecule has 0 aliphatic carbocycles. The number of nitrogens with zero attached hydrogens (tertiary/aromatic N) is 2. The van der Waals surface area contributed by atoms with Gasteiger partial charge in [0, 0.05) is 25.0 Å². The minimum absolute atomic E-state index is 0.0470. The second-order valence-corrected chi connectivity index (χ2v) is 8.18. The first-order valence-corrected chi connectivity index (χ1v) is 10.3. The van der Waals surface area contributed by atoms with Crippen LogP contribution in [-0.2, 0) is 10.0 Å². The maximum atomic E-state index is 12.5. The van der Waals surface area contributed by atoms with Crippen LogP contribution in [0.2, 0.25) is 0 Å². The van der Waals surface area contributed by atoms with Crippen molar-refractivity contribution >= 4 is 10.0 Å². The summed E-state index contributed by atoms with van der Waals surface area (Å²) in [7, 11) is -3.55. The maximum Gasteiger partial charge on any atom is 0.242 e. The number of sulfonamides is 1. The van der Waals surface area contributed by atoms with Crippen molar-refractivity contribution in [1.29, 1.82) is 0 Å². The zero-order chi connectivity index (χ0) is 17.5. The highest BCUT2D eigenvalue weighted by molar-refractivity contribution is 7.89. The van der Waals surface area contributed by atoms with Crippen LogP contribution in [-0.4, -0.2) is 37.9 Å². The molecule has 6 heteroatoms. The van der Waals surface area contributed by atoms with Crippen LogP contribution >= 0.6 is 0 Å². The zero-order valence-corrected chi connectivity index (χ0v) is 15.2. The Morgan fingerprint density at radius 1 is 1.00 bits per heavy atom. The topological polar surface area (TPSA) is 62.3 Å². The lowest BCUT2D eigenvalue weighted by molar-refractivity contribution is 0.206. The Morgan fingerprint density at radius 3 is 2.36 bits per heavy atom. The number of benzene rings is 1. The lowest BCUT2D eigenvalue weighted by Gasteiger charge is -2.31. The Kier molecular flexibility index (Phi) is 6.18. The average Bonchev–Trinajstić information content (AvgIpc) is 2.93. The van der Waals surface area contributed by atoms with Crippen LogP contribution in [0.3, 0.4) is 0 Å². The normalized spacial score (nSPS) is 17.8. The molecule has 1 fully saturated rings. The molecule has 1 N–H and O–H groups in total. The van der Waals surface area contributed by atoms with Gasteiger partial charge in [-0.1, -0.05) is 43.2 Å². The SMILES string of the molecule is O=S(=O)(NC[C@H](c1ccccc1)N1CCCCCC1)c1cccnc1. The summed E-state index contributed by atoms with van der Waals surface area (Å²) < 4.78 is 27.9. The van der Waals surface area contributed by atoms with Gasteiger partial charge in [0.1, 0.15) is 4.90 Å². The first kappa shape index (κ1) is 18.0. The van der Waals surface area contributed by atoms with E-state index in [0.29, 0.717) is 6.54 Å². The van der Waals surface area contributed by atoms with Gasteiger partial charge in [0.05, 0.1) is 0 Å². The molecule has 1 atom stereocenters. The molecular weight excluding hydrogens is 334 g/mol. The van der Waals surface area contributed by atoms with Gasteiger partial charge in [-0.05, 0) is 43.6 Å². The number of likely N-dealkylation sites (tertiary alicyclic amines) is 1. The van der Waals surface area contributed by atoms with Crippen molar-refractivity contribution in [2.24, 2.45) is 0 Å². The van der Waals surface area contributed by atoms with Gasteiger partial charge in [0.25, 0.3) is 0 Å². The van der Waals surface area contributed by atoms with Crippen LogP contribution in [0.25, 0.3) is 0 Å². The summed E-state index contributed by atoms with van der Waals surface area (Å²) in [5.41, 5.74) is 1.15. The van der Waals surface area contributed by atoms with Crippen LogP contribution < -0.4 is 4.72 Å². The third-order valence-electron chi connectivity index (χ3n) is 4.68. The molecule has 2 heterocycles. The average molecular weight is 359 g/mol. The largest absolute Gasteiger partial charge is 0.295 e. The molecule has 1 aliphatic rings. The number of aromatic nitrogens is 1. The number of pyridine rings is 1. The fourth-order valence-electron chi connectivity index (χ4n) is 3.32. The van der Waals surface area contributed by atoms with Crippen molar-refractivity contribution in [1.82, 2.24) is 14.6 Å². The molecular formula is C19H25N3O2S. The molecule has 0 bridgehead atoms. The van der Waals surface area contributed by atoms with Crippen molar-refractivity contribution in [3.05, 3.63) is 60.4 Å². The number of hydrogen-bond acceptors (Lipinski definition) is 4. The molecule has 25 heavy (non-hydrogen) atoms. The third kappa shape index (κ3) is 4.87. The van der Waals surface area contributed by atoms with Gasteiger partial charge >= 0.3 is 0 Å². The number of rotatable bonds is 6. The number of nitrogens with one attached hydrogen (secondary N) is 1. The van der Waals surface area contributed by atoms with Crippen LogP contribution in [0.1, 0.15) is 37.3 Å². The minimum atomic E-state index is -3.55. The first-order valence-electron chi connectivity index (χ1n) is 8.85. The summed E-state index contributed by atoms with van der Waals surface area (Å²) in [6, 6.07) is 13.4. The molecule has 3 rings (SSSR count). The molecule has 134 valence electrons. The van der Waals surface area contributed by atoms with E-state index in [-0.39, 0.29) is 10.9 Å². The summed E-state index contributed by atoms with van der Waals surface area (Å²) in [6.45, 7) is 2.38. The van der Waals surface area contributed by atoms with Crippen LogP contribution in [0, 0.1) is 0 Å². The smallest absolute Gasteiger partial charge is 0.242 e. The monoisotopic (exact) mass is 359 g/mol.